The molecule has 2 aromatic rings. The number of aromatic nitrogens is 1. The Balaban J connectivity index is 2.10. The first kappa shape index (κ1) is 16.0. The summed E-state index contributed by atoms with van der Waals surface area (Å²) >= 11 is 3.39. The van der Waals surface area contributed by atoms with Crippen LogP contribution in [0.3, 0.4) is 0 Å². The van der Waals surface area contributed by atoms with Gasteiger partial charge in [0, 0.05) is 6.20 Å². The van der Waals surface area contributed by atoms with Gasteiger partial charge in [-0.3, -0.25) is 9.78 Å². The number of carbonyl (C=O) groups excluding carboxylic acids is 1. The van der Waals surface area contributed by atoms with E-state index >= 15 is 0 Å². The monoisotopic (exact) mass is 363 g/mol. The van der Waals surface area contributed by atoms with E-state index in [0.29, 0.717) is 17.2 Å². The number of nitrogens with zero attached hydrogens (tertiary/aromatic N) is 2. The Morgan fingerprint density at radius 2 is 2.14 bits per heavy atom. The van der Waals surface area contributed by atoms with Crippen LogP contribution in [0.5, 0.6) is 11.5 Å². The maximum absolute atomic E-state index is 11.8. The van der Waals surface area contributed by atoms with Gasteiger partial charge in [-0.15, -0.1) is 0 Å². The average Bonchev–Trinajstić information content (AvgIpc) is 2.55. The van der Waals surface area contributed by atoms with Crippen molar-refractivity contribution < 1.29 is 14.3 Å². The summed E-state index contributed by atoms with van der Waals surface area (Å²) in [7, 11) is 3.11. The quantitative estimate of drug-likeness (QED) is 0.654. The second kappa shape index (κ2) is 7.56. The summed E-state index contributed by atoms with van der Waals surface area (Å²) in [4.78, 5) is 15.7. The molecule has 0 bridgehead atoms. The number of benzene rings is 1. The highest BCUT2D eigenvalue weighted by atomic mass is 79.9. The number of carbonyl (C=O) groups is 1. The maximum Gasteiger partial charge on any atom is 0.289 e. The molecule has 6 nitrogen and oxygen atoms in total. The molecule has 22 heavy (non-hydrogen) atoms. The van der Waals surface area contributed by atoms with Gasteiger partial charge in [-0.25, -0.2) is 5.43 Å². The number of hydrazone groups is 1. The van der Waals surface area contributed by atoms with Crippen LogP contribution < -0.4 is 14.9 Å². The molecule has 0 saturated heterocycles. The molecule has 1 aromatic carbocycles. The molecule has 0 saturated carbocycles. The Kier molecular flexibility index (Phi) is 5.48. The molecule has 1 N–H and O–H groups in total. The van der Waals surface area contributed by atoms with Gasteiger partial charge in [0.1, 0.15) is 5.69 Å². The van der Waals surface area contributed by atoms with Crippen LogP contribution in [0, 0.1) is 0 Å². The first-order valence-corrected chi connectivity index (χ1v) is 7.11. The molecule has 0 radical (unpaired) electrons. The van der Waals surface area contributed by atoms with Gasteiger partial charge in [-0.1, -0.05) is 6.07 Å². The molecule has 1 amide bonds. The van der Waals surface area contributed by atoms with Crippen molar-refractivity contribution in [2.24, 2.45) is 5.10 Å². The first-order chi connectivity index (χ1) is 10.7. The van der Waals surface area contributed by atoms with Gasteiger partial charge in [0.15, 0.2) is 11.5 Å². The lowest BCUT2D eigenvalue weighted by Crippen LogP contribution is -2.18. The molecular formula is C15H14BrN3O3. The van der Waals surface area contributed by atoms with E-state index in [1.165, 1.54) is 6.21 Å². The standard InChI is InChI=1S/C15H14BrN3O3/c1-21-13-8-10(7-11(16)14(13)22-2)9-18-19-15(20)12-5-3-4-6-17-12/h3-9H,1-2H3,(H,19,20)/b18-9-. The molecule has 0 aliphatic heterocycles. The highest BCUT2D eigenvalue weighted by molar-refractivity contribution is 9.10. The van der Waals surface area contributed by atoms with Crippen molar-refractivity contribution in [3.05, 3.63) is 52.3 Å². The zero-order valence-corrected chi connectivity index (χ0v) is 13.6. The van der Waals surface area contributed by atoms with E-state index in [1.54, 1.807) is 50.7 Å². The highest BCUT2D eigenvalue weighted by Gasteiger charge is 2.09. The summed E-state index contributed by atoms with van der Waals surface area (Å²) in [6.07, 6.45) is 3.05. The summed E-state index contributed by atoms with van der Waals surface area (Å²) in [6.45, 7) is 0. The fraction of sp³-hybridized carbons (Fsp3) is 0.133. The van der Waals surface area contributed by atoms with E-state index in [1.807, 2.05) is 0 Å². The number of pyridine rings is 1. The Hall–Kier alpha value is -2.41. The molecule has 7 heteroatoms. The van der Waals surface area contributed by atoms with Crippen LogP contribution in [0.25, 0.3) is 0 Å². The zero-order valence-electron chi connectivity index (χ0n) is 12.0. The Bertz CT molecular complexity index is 690. The fourth-order valence-corrected chi connectivity index (χ4v) is 2.35. The van der Waals surface area contributed by atoms with Crippen LogP contribution in [0.15, 0.2) is 46.1 Å². The number of hydrogen-bond donors (Lipinski definition) is 1. The largest absolute Gasteiger partial charge is 0.493 e. The molecule has 1 aromatic heterocycles. The number of amides is 1. The minimum Gasteiger partial charge on any atom is -0.493 e. The first-order valence-electron chi connectivity index (χ1n) is 6.31. The normalized spacial score (nSPS) is 10.5. The van der Waals surface area contributed by atoms with Gasteiger partial charge >= 0.3 is 0 Å². The number of rotatable bonds is 5. The van der Waals surface area contributed by atoms with E-state index in [9.17, 15) is 4.79 Å². The predicted octanol–water partition coefficient (Wildman–Crippen LogP) is 2.63. The Morgan fingerprint density at radius 1 is 1.32 bits per heavy atom. The number of nitrogens with one attached hydrogen (secondary N) is 1. The van der Waals surface area contributed by atoms with Crippen molar-refractivity contribution in [1.82, 2.24) is 10.4 Å². The second-order valence-electron chi connectivity index (χ2n) is 4.15. The van der Waals surface area contributed by atoms with Gasteiger partial charge < -0.3 is 9.47 Å². The van der Waals surface area contributed by atoms with Gasteiger partial charge in [-0.2, -0.15) is 5.10 Å². The summed E-state index contributed by atoms with van der Waals surface area (Å²) in [6, 6.07) is 8.63. The molecule has 0 atom stereocenters. The second-order valence-corrected chi connectivity index (χ2v) is 5.01. The summed E-state index contributed by atoms with van der Waals surface area (Å²) in [5.74, 6) is 0.781. The van der Waals surface area contributed by atoms with Crippen molar-refractivity contribution in [3.8, 4) is 11.5 Å². The molecule has 0 spiro atoms. The van der Waals surface area contributed by atoms with Crippen LogP contribution in [-0.2, 0) is 0 Å². The SMILES string of the molecule is COc1cc(/C=N\NC(=O)c2ccccn2)cc(Br)c1OC. The van der Waals surface area contributed by atoms with Crippen molar-refractivity contribution >= 4 is 28.1 Å². The molecule has 2 rings (SSSR count). The third-order valence-electron chi connectivity index (χ3n) is 2.73. The van der Waals surface area contributed by atoms with Gasteiger partial charge in [0.2, 0.25) is 0 Å². The number of methoxy groups -OCH3 is 2. The summed E-state index contributed by atoms with van der Waals surface area (Å²) in [5.41, 5.74) is 3.45. The van der Waals surface area contributed by atoms with Crippen LogP contribution in [-0.4, -0.2) is 31.3 Å². The van der Waals surface area contributed by atoms with Crippen LogP contribution in [0.2, 0.25) is 0 Å². The van der Waals surface area contributed by atoms with Crippen molar-refractivity contribution in [1.29, 1.82) is 0 Å². The molecular weight excluding hydrogens is 350 g/mol. The minimum absolute atomic E-state index is 0.299. The van der Waals surface area contributed by atoms with Gasteiger partial charge in [0.25, 0.3) is 5.91 Å². The Morgan fingerprint density at radius 3 is 2.77 bits per heavy atom. The fourth-order valence-electron chi connectivity index (χ4n) is 1.73. The van der Waals surface area contributed by atoms with Crippen molar-refractivity contribution in [2.75, 3.05) is 14.2 Å². The molecule has 0 aliphatic rings. The average molecular weight is 364 g/mol. The number of halogens is 1. The van der Waals surface area contributed by atoms with Gasteiger partial charge in [-0.05, 0) is 45.8 Å². The number of ether oxygens (including phenoxy) is 2. The minimum atomic E-state index is -0.378. The van der Waals surface area contributed by atoms with E-state index in [0.717, 1.165) is 10.0 Å². The number of hydrogen-bond acceptors (Lipinski definition) is 5. The molecule has 0 aliphatic carbocycles. The van der Waals surface area contributed by atoms with Crippen LogP contribution >= 0.6 is 15.9 Å². The highest BCUT2D eigenvalue weighted by Crippen LogP contribution is 2.35. The van der Waals surface area contributed by atoms with Gasteiger partial charge in [0.05, 0.1) is 24.9 Å². The molecule has 0 unspecified atom stereocenters. The molecule has 1 heterocycles. The topological polar surface area (TPSA) is 72.8 Å². The predicted molar refractivity (Wildman–Crippen MR) is 86.5 cm³/mol. The zero-order chi connectivity index (χ0) is 15.9. The summed E-state index contributed by atoms with van der Waals surface area (Å²) < 4.78 is 11.2. The van der Waals surface area contributed by atoms with Crippen LogP contribution in [0.1, 0.15) is 16.1 Å². The lowest BCUT2D eigenvalue weighted by Gasteiger charge is -2.10. The molecule has 114 valence electrons. The van der Waals surface area contributed by atoms with Crippen molar-refractivity contribution in [3.63, 3.8) is 0 Å². The third-order valence-corrected chi connectivity index (χ3v) is 3.32. The maximum atomic E-state index is 11.8. The van der Waals surface area contributed by atoms with E-state index < -0.39 is 0 Å². The molecule has 0 fully saturated rings. The van der Waals surface area contributed by atoms with E-state index in [-0.39, 0.29) is 5.91 Å². The summed E-state index contributed by atoms with van der Waals surface area (Å²) in [5, 5.41) is 3.91. The van der Waals surface area contributed by atoms with E-state index in [4.69, 9.17) is 9.47 Å². The smallest absolute Gasteiger partial charge is 0.289 e. The lowest BCUT2D eigenvalue weighted by molar-refractivity contribution is 0.0950. The lowest BCUT2D eigenvalue weighted by atomic mass is 10.2. The van der Waals surface area contributed by atoms with Crippen molar-refractivity contribution in [2.45, 2.75) is 0 Å². The third kappa shape index (κ3) is 3.82. The Labute approximate surface area is 136 Å². The van der Waals surface area contributed by atoms with Crippen LogP contribution in [0.4, 0.5) is 0 Å². The van der Waals surface area contributed by atoms with E-state index in [2.05, 4.69) is 31.4 Å².